The van der Waals surface area contributed by atoms with Gasteiger partial charge in [0.05, 0.1) is 11.6 Å². The van der Waals surface area contributed by atoms with Crippen molar-refractivity contribution in [1.82, 2.24) is 10.5 Å². The van der Waals surface area contributed by atoms with E-state index in [-0.39, 0.29) is 11.8 Å². The lowest BCUT2D eigenvalue weighted by atomic mass is 9.79. The Bertz CT molecular complexity index is 574. The molecular formula is C18H26N2O2. The van der Waals surface area contributed by atoms with Gasteiger partial charge in [-0.1, -0.05) is 11.6 Å². The van der Waals surface area contributed by atoms with Crippen LogP contribution < -0.4 is 5.32 Å². The van der Waals surface area contributed by atoms with Crippen LogP contribution in [-0.4, -0.2) is 17.1 Å². The largest absolute Gasteiger partial charge is 0.361 e. The minimum absolute atomic E-state index is 0.140. The maximum atomic E-state index is 12.7. The molecule has 1 heterocycles. The molecule has 4 nitrogen and oxygen atoms in total. The predicted octanol–water partition coefficient (Wildman–Crippen LogP) is 3.34. The smallest absolute Gasteiger partial charge is 0.227 e. The van der Waals surface area contributed by atoms with E-state index in [0.717, 1.165) is 40.7 Å². The number of carbonyl (C=O) groups is 1. The standard InChI is InChI=1S/C18H26N2O2/c1-9(17-10(2)20-22-11(17)3)18(21)19-16-8-12-7-15(16)14-6-4-5-13(12)14/h9,12-16H,4-8H2,1-3H3,(H,19,21). The molecule has 1 N–H and O–H groups in total. The van der Waals surface area contributed by atoms with Crippen LogP contribution in [0.2, 0.25) is 0 Å². The summed E-state index contributed by atoms with van der Waals surface area (Å²) in [6.45, 7) is 5.77. The van der Waals surface area contributed by atoms with E-state index in [1.54, 1.807) is 0 Å². The highest BCUT2D eigenvalue weighted by atomic mass is 16.5. The molecule has 3 aliphatic carbocycles. The molecule has 0 saturated heterocycles. The second-order valence-corrected chi connectivity index (χ2v) is 7.73. The fraction of sp³-hybridized carbons (Fsp3) is 0.778. The first-order valence-corrected chi connectivity index (χ1v) is 8.79. The SMILES string of the molecule is Cc1noc(C)c1C(C)C(=O)NC1CC2CC1C1CCCC21. The third-order valence-corrected chi connectivity index (χ3v) is 6.67. The fourth-order valence-electron chi connectivity index (χ4n) is 5.78. The molecule has 6 atom stereocenters. The molecule has 6 unspecified atom stereocenters. The Kier molecular flexibility index (Phi) is 3.31. The Labute approximate surface area is 132 Å². The van der Waals surface area contributed by atoms with Gasteiger partial charge in [-0.3, -0.25) is 4.79 Å². The van der Waals surface area contributed by atoms with Crippen LogP contribution in [0.5, 0.6) is 0 Å². The van der Waals surface area contributed by atoms with Crippen LogP contribution >= 0.6 is 0 Å². The lowest BCUT2D eigenvalue weighted by molar-refractivity contribution is -0.123. The van der Waals surface area contributed by atoms with Gasteiger partial charge in [0, 0.05) is 11.6 Å². The van der Waals surface area contributed by atoms with Crippen molar-refractivity contribution in [2.75, 3.05) is 0 Å². The lowest BCUT2D eigenvalue weighted by Gasteiger charge is -2.32. The molecule has 120 valence electrons. The molecule has 0 aromatic carbocycles. The molecule has 3 fully saturated rings. The fourth-order valence-corrected chi connectivity index (χ4v) is 5.78. The lowest BCUT2D eigenvalue weighted by Crippen LogP contribution is -2.44. The van der Waals surface area contributed by atoms with E-state index in [2.05, 4.69) is 10.5 Å². The number of nitrogens with zero attached hydrogens (tertiary/aromatic N) is 1. The monoisotopic (exact) mass is 302 g/mol. The summed E-state index contributed by atoms with van der Waals surface area (Å²) in [7, 11) is 0. The summed E-state index contributed by atoms with van der Waals surface area (Å²) in [5, 5.41) is 7.34. The maximum Gasteiger partial charge on any atom is 0.227 e. The van der Waals surface area contributed by atoms with E-state index in [1.165, 1.54) is 32.1 Å². The van der Waals surface area contributed by atoms with Crippen LogP contribution in [0.3, 0.4) is 0 Å². The quantitative estimate of drug-likeness (QED) is 0.931. The summed E-state index contributed by atoms with van der Waals surface area (Å²) in [6, 6.07) is 0.403. The average Bonchev–Trinajstić information content (AvgIpc) is 3.20. The molecule has 1 amide bonds. The number of hydrogen-bond acceptors (Lipinski definition) is 3. The Morgan fingerprint density at radius 3 is 2.73 bits per heavy atom. The first kappa shape index (κ1) is 14.3. The van der Waals surface area contributed by atoms with Gasteiger partial charge in [-0.2, -0.15) is 0 Å². The van der Waals surface area contributed by atoms with Gasteiger partial charge in [0.15, 0.2) is 0 Å². The number of aryl methyl sites for hydroxylation is 2. The second kappa shape index (κ2) is 5.10. The van der Waals surface area contributed by atoms with Gasteiger partial charge < -0.3 is 9.84 Å². The molecule has 1 aromatic heterocycles. The zero-order chi connectivity index (χ0) is 15.4. The predicted molar refractivity (Wildman–Crippen MR) is 83.4 cm³/mol. The Morgan fingerprint density at radius 2 is 2.00 bits per heavy atom. The van der Waals surface area contributed by atoms with Gasteiger partial charge >= 0.3 is 0 Å². The Balaban J connectivity index is 1.45. The van der Waals surface area contributed by atoms with E-state index in [1.807, 2.05) is 20.8 Å². The van der Waals surface area contributed by atoms with E-state index >= 15 is 0 Å². The van der Waals surface area contributed by atoms with Gasteiger partial charge in [-0.15, -0.1) is 0 Å². The minimum atomic E-state index is -0.176. The topological polar surface area (TPSA) is 55.1 Å². The number of aromatic nitrogens is 1. The summed E-state index contributed by atoms with van der Waals surface area (Å²) in [4.78, 5) is 12.7. The summed E-state index contributed by atoms with van der Waals surface area (Å²) >= 11 is 0. The molecule has 0 spiro atoms. The summed E-state index contributed by atoms with van der Waals surface area (Å²) in [5.74, 6) is 4.20. The van der Waals surface area contributed by atoms with Gasteiger partial charge in [0.2, 0.25) is 5.91 Å². The summed E-state index contributed by atoms with van der Waals surface area (Å²) in [5.41, 5.74) is 1.79. The number of rotatable bonds is 3. The molecule has 0 radical (unpaired) electrons. The zero-order valence-corrected chi connectivity index (χ0v) is 13.8. The van der Waals surface area contributed by atoms with Gasteiger partial charge in [-0.25, -0.2) is 0 Å². The van der Waals surface area contributed by atoms with Crippen molar-refractivity contribution in [3.63, 3.8) is 0 Å². The third-order valence-electron chi connectivity index (χ3n) is 6.67. The van der Waals surface area contributed by atoms with Crippen molar-refractivity contribution < 1.29 is 9.32 Å². The molecule has 3 aliphatic rings. The maximum absolute atomic E-state index is 12.7. The van der Waals surface area contributed by atoms with E-state index in [0.29, 0.717) is 6.04 Å². The van der Waals surface area contributed by atoms with Gasteiger partial charge in [0.25, 0.3) is 0 Å². The average molecular weight is 302 g/mol. The van der Waals surface area contributed by atoms with Crippen LogP contribution in [0.4, 0.5) is 0 Å². The molecule has 3 saturated carbocycles. The van der Waals surface area contributed by atoms with Crippen LogP contribution in [0.15, 0.2) is 4.52 Å². The van der Waals surface area contributed by atoms with Crippen LogP contribution in [0.25, 0.3) is 0 Å². The van der Waals surface area contributed by atoms with E-state index < -0.39 is 0 Å². The second-order valence-electron chi connectivity index (χ2n) is 7.73. The van der Waals surface area contributed by atoms with Crippen LogP contribution in [0, 0.1) is 37.5 Å². The van der Waals surface area contributed by atoms with Crippen molar-refractivity contribution in [1.29, 1.82) is 0 Å². The highest BCUT2D eigenvalue weighted by molar-refractivity contribution is 5.84. The van der Waals surface area contributed by atoms with Crippen molar-refractivity contribution in [2.24, 2.45) is 23.7 Å². The number of amides is 1. The van der Waals surface area contributed by atoms with Crippen LogP contribution in [0.1, 0.15) is 62.0 Å². The number of fused-ring (bicyclic) bond motifs is 5. The van der Waals surface area contributed by atoms with Crippen molar-refractivity contribution in [3.05, 3.63) is 17.0 Å². The van der Waals surface area contributed by atoms with E-state index in [4.69, 9.17) is 4.52 Å². The summed E-state index contributed by atoms with van der Waals surface area (Å²) in [6.07, 6.45) is 6.77. The molecule has 1 aromatic rings. The molecule has 4 heteroatoms. The van der Waals surface area contributed by atoms with Crippen molar-refractivity contribution >= 4 is 5.91 Å². The molecule has 0 aliphatic heterocycles. The molecular weight excluding hydrogens is 276 g/mol. The Morgan fingerprint density at radius 1 is 1.23 bits per heavy atom. The highest BCUT2D eigenvalue weighted by Gasteiger charge is 2.54. The highest BCUT2D eigenvalue weighted by Crippen LogP contribution is 2.58. The van der Waals surface area contributed by atoms with E-state index in [9.17, 15) is 4.79 Å². The normalized spacial score (nSPS) is 37.3. The minimum Gasteiger partial charge on any atom is -0.361 e. The molecule has 22 heavy (non-hydrogen) atoms. The first-order chi connectivity index (χ1) is 10.6. The van der Waals surface area contributed by atoms with Crippen molar-refractivity contribution in [2.45, 2.75) is 64.8 Å². The van der Waals surface area contributed by atoms with Crippen molar-refractivity contribution in [3.8, 4) is 0 Å². The zero-order valence-electron chi connectivity index (χ0n) is 13.8. The van der Waals surface area contributed by atoms with Crippen LogP contribution in [-0.2, 0) is 4.79 Å². The number of hydrogen-bond donors (Lipinski definition) is 1. The van der Waals surface area contributed by atoms with Gasteiger partial charge in [0.1, 0.15) is 5.76 Å². The third kappa shape index (κ3) is 2.03. The number of nitrogens with one attached hydrogen (secondary N) is 1. The first-order valence-electron chi connectivity index (χ1n) is 8.79. The summed E-state index contributed by atoms with van der Waals surface area (Å²) < 4.78 is 5.21. The molecule has 4 rings (SSSR count). The number of carbonyl (C=O) groups excluding carboxylic acids is 1. The molecule has 2 bridgehead atoms. The van der Waals surface area contributed by atoms with Gasteiger partial charge in [-0.05, 0) is 70.1 Å². The Hall–Kier alpha value is -1.32.